The fourth-order valence-electron chi connectivity index (χ4n) is 3.81. The summed E-state index contributed by atoms with van der Waals surface area (Å²) < 4.78 is 0. The molecule has 110 valence electrons. The van der Waals surface area contributed by atoms with E-state index in [9.17, 15) is 0 Å². The van der Waals surface area contributed by atoms with Gasteiger partial charge in [0.1, 0.15) is 0 Å². The van der Waals surface area contributed by atoms with Gasteiger partial charge in [0, 0.05) is 0 Å². The third-order valence-corrected chi connectivity index (χ3v) is 44.2. The van der Waals surface area contributed by atoms with E-state index in [0.717, 1.165) is 11.3 Å². The quantitative estimate of drug-likeness (QED) is 0.473. The first-order valence-corrected chi connectivity index (χ1v) is 21.0. The summed E-state index contributed by atoms with van der Waals surface area (Å²) in [6.45, 7) is 21.4. The van der Waals surface area contributed by atoms with Crippen molar-refractivity contribution in [2.75, 3.05) is 46.7 Å². The molecule has 1 heterocycles. The molecular weight excluding hydrogens is 311 g/mol. The zero-order valence-electron chi connectivity index (χ0n) is 13.7. The molecular formula is C13H33P5. The van der Waals surface area contributed by atoms with E-state index in [1.807, 2.05) is 0 Å². The Bertz CT molecular complexity index is 321. The van der Waals surface area contributed by atoms with E-state index in [0.29, 0.717) is 0 Å². The van der Waals surface area contributed by atoms with Crippen molar-refractivity contribution < 1.29 is 0 Å². The molecule has 0 bridgehead atoms. The molecule has 0 fully saturated rings. The van der Waals surface area contributed by atoms with Gasteiger partial charge in [-0.3, -0.25) is 0 Å². The van der Waals surface area contributed by atoms with Gasteiger partial charge < -0.3 is 0 Å². The summed E-state index contributed by atoms with van der Waals surface area (Å²) in [5.41, 5.74) is 0. The molecule has 0 saturated heterocycles. The van der Waals surface area contributed by atoms with Crippen LogP contribution in [0.5, 0.6) is 0 Å². The van der Waals surface area contributed by atoms with Crippen LogP contribution < -0.4 is 0 Å². The summed E-state index contributed by atoms with van der Waals surface area (Å²) in [6.07, 6.45) is 0. The van der Waals surface area contributed by atoms with Crippen molar-refractivity contribution in [2.45, 2.75) is 19.2 Å². The molecule has 0 aliphatic carbocycles. The molecule has 0 N–H and O–H groups in total. The second-order valence-electron chi connectivity index (χ2n) is 7.04. The Labute approximate surface area is 120 Å². The summed E-state index contributed by atoms with van der Waals surface area (Å²) in [5, 5.41) is 1.10. The zero-order valence-corrected chi connectivity index (χ0v) is 18.3. The van der Waals surface area contributed by atoms with Crippen molar-refractivity contribution in [3.8, 4) is 0 Å². The van der Waals surface area contributed by atoms with Gasteiger partial charge in [-0.05, 0) is 0 Å². The first-order valence-electron chi connectivity index (χ1n) is 6.90. The first kappa shape index (κ1) is 17.9. The standard InChI is InChI=1S/C13H33P5/c1-12(2)13-17(6,7)15(4)11-10-14(3)16(5)18(13,8)9/h10-13,17-18H,1-9H3/b11-10-. The maximum absolute atomic E-state index is 2.72. The van der Waals surface area contributed by atoms with Crippen LogP contribution in [0.1, 0.15) is 13.8 Å². The van der Waals surface area contributed by atoms with Crippen LogP contribution in [0.3, 0.4) is 0 Å². The molecule has 0 spiro atoms. The minimum atomic E-state index is -1.11. The molecule has 0 saturated carbocycles. The van der Waals surface area contributed by atoms with Crippen molar-refractivity contribution >= 4 is 36.4 Å². The molecule has 1 rings (SSSR count). The van der Waals surface area contributed by atoms with Crippen LogP contribution in [0.25, 0.3) is 0 Å². The average Bonchev–Trinajstić information content (AvgIpc) is 2.21. The van der Waals surface area contributed by atoms with Gasteiger partial charge in [0.2, 0.25) is 0 Å². The third kappa shape index (κ3) is 3.37. The van der Waals surface area contributed by atoms with Crippen LogP contribution in [0, 0.1) is 5.92 Å². The third-order valence-electron chi connectivity index (χ3n) is 4.91. The molecule has 0 aromatic rings. The summed E-state index contributed by atoms with van der Waals surface area (Å²) >= 11 is 0. The summed E-state index contributed by atoms with van der Waals surface area (Å²) in [6, 6.07) is 0. The average molecular weight is 344 g/mol. The van der Waals surface area contributed by atoms with Crippen molar-refractivity contribution in [3.63, 3.8) is 0 Å². The van der Waals surface area contributed by atoms with Crippen LogP contribution >= 0.6 is 36.4 Å². The fourth-order valence-corrected chi connectivity index (χ4v) is 47.8. The van der Waals surface area contributed by atoms with Crippen LogP contribution in [0.4, 0.5) is 0 Å². The van der Waals surface area contributed by atoms with Crippen molar-refractivity contribution in [2.24, 2.45) is 5.92 Å². The number of hydrogen-bond donors (Lipinski definition) is 0. The molecule has 5 heteroatoms. The first-order chi connectivity index (χ1) is 8.02. The second-order valence-corrected chi connectivity index (χ2v) is 35.4. The van der Waals surface area contributed by atoms with E-state index in [1.54, 1.807) is 0 Å². The number of hydrogen-bond acceptors (Lipinski definition) is 0. The van der Waals surface area contributed by atoms with E-state index in [2.05, 4.69) is 72.1 Å². The Morgan fingerprint density at radius 2 is 1.39 bits per heavy atom. The van der Waals surface area contributed by atoms with Gasteiger partial charge in [0.05, 0.1) is 0 Å². The normalized spacial score (nSPS) is 44.8. The molecule has 18 heavy (non-hydrogen) atoms. The van der Waals surface area contributed by atoms with Gasteiger partial charge in [0.15, 0.2) is 0 Å². The van der Waals surface area contributed by atoms with Crippen molar-refractivity contribution in [3.05, 3.63) is 11.6 Å². The maximum atomic E-state index is 2.72. The number of rotatable bonds is 1. The molecule has 0 amide bonds. The van der Waals surface area contributed by atoms with Gasteiger partial charge in [-0.2, -0.15) is 0 Å². The molecule has 0 radical (unpaired) electrons. The predicted molar refractivity (Wildman–Crippen MR) is 107 cm³/mol. The fraction of sp³-hybridized carbons (Fsp3) is 0.846. The Hall–Kier alpha value is 1.89. The Balaban J connectivity index is 3.35. The monoisotopic (exact) mass is 344 g/mol. The van der Waals surface area contributed by atoms with E-state index in [4.69, 9.17) is 0 Å². The summed E-state index contributed by atoms with van der Waals surface area (Å²) in [5.74, 6) is 6.20. The van der Waals surface area contributed by atoms with Gasteiger partial charge in [-0.25, -0.2) is 0 Å². The summed E-state index contributed by atoms with van der Waals surface area (Å²) in [7, 11) is 0.619. The van der Waals surface area contributed by atoms with Gasteiger partial charge in [0.25, 0.3) is 0 Å². The van der Waals surface area contributed by atoms with Gasteiger partial charge in [-0.15, -0.1) is 0 Å². The zero-order chi connectivity index (χ0) is 14.3. The topological polar surface area (TPSA) is 0 Å². The molecule has 0 aromatic heterocycles. The van der Waals surface area contributed by atoms with Gasteiger partial charge in [-0.1, -0.05) is 0 Å². The molecule has 4 unspecified atom stereocenters. The van der Waals surface area contributed by atoms with Crippen molar-refractivity contribution in [1.82, 2.24) is 0 Å². The van der Waals surface area contributed by atoms with Crippen LogP contribution in [-0.4, -0.2) is 52.1 Å². The Kier molecular flexibility index (Phi) is 6.32. The Morgan fingerprint density at radius 3 is 1.83 bits per heavy atom. The SMILES string of the molecule is CC(C)C1[PH](C)(C)P(C)/C=C\P(C)P(C)[PH]1(C)C. The Morgan fingerprint density at radius 1 is 0.889 bits per heavy atom. The van der Waals surface area contributed by atoms with Crippen LogP contribution in [-0.2, 0) is 0 Å². The van der Waals surface area contributed by atoms with Crippen LogP contribution in [0.2, 0.25) is 0 Å². The molecule has 0 nitrogen and oxygen atoms in total. The van der Waals surface area contributed by atoms with Gasteiger partial charge >= 0.3 is 120 Å². The molecule has 4 atom stereocenters. The van der Waals surface area contributed by atoms with E-state index < -0.39 is 13.9 Å². The molecule has 0 aromatic carbocycles. The van der Waals surface area contributed by atoms with E-state index in [-0.39, 0.29) is 22.5 Å². The second kappa shape index (κ2) is 6.34. The molecule has 1 aliphatic rings. The molecule has 1 aliphatic heterocycles. The van der Waals surface area contributed by atoms with E-state index >= 15 is 0 Å². The summed E-state index contributed by atoms with van der Waals surface area (Å²) in [4.78, 5) is 0. The van der Waals surface area contributed by atoms with Crippen molar-refractivity contribution in [1.29, 1.82) is 0 Å². The van der Waals surface area contributed by atoms with E-state index in [1.165, 1.54) is 0 Å². The predicted octanol–water partition coefficient (Wildman–Crippen LogP) is 6.55. The minimum absolute atomic E-state index is 0.165. The van der Waals surface area contributed by atoms with Crippen LogP contribution in [0.15, 0.2) is 11.6 Å².